The Hall–Kier alpha value is -1.40. The van der Waals surface area contributed by atoms with Crippen molar-refractivity contribution in [3.05, 3.63) is 28.6 Å². The first kappa shape index (κ1) is 13.0. The van der Waals surface area contributed by atoms with Crippen LogP contribution in [0.25, 0.3) is 11.6 Å². The van der Waals surface area contributed by atoms with E-state index in [2.05, 4.69) is 52.1 Å². The van der Waals surface area contributed by atoms with Crippen molar-refractivity contribution < 1.29 is 4.42 Å². The topological polar surface area (TPSA) is 77.0 Å². The summed E-state index contributed by atoms with van der Waals surface area (Å²) < 4.78 is 6.19. The van der Waals surface area contributed by atoms with E-state index in [9.17, 15) is 0 Å². The van der Waals surface area contributed by atoms with Crippen LogP contribution >= 0.6 is 15.9 Å². The van der Waals surface area contributed by atoms with Crippen LogP contribution in [-0.2, 0) is 5.41 Å². The molecule has 5 nitrogen and oxygen atoms in total. The van der Waals surface area contributed by atoms with Crippen molar-refractivity contribution in [3.8, 4) is 11.6 Å². The van der Waals surface area contributed by atoms with Gasteiger partial charge < -0.3 is 9.84 Å². The number of halogens is 1. The lowest BCUT2D eigenvalue weighted by molar-refractivity contribution is 0.557. The second-order valence-electron chi connectivity index (χ2n) is 4.95. The summed E-state index contributed by atoms with van der Waals surface area (Å²) >= 11 is 3.40. The highest BCUT2D eigenvalue weighted by molar-refractivity contribution is 9.10. The van der Waals surface area contributed by atoms with Gasteiger partial charge in [-0.2, -0.15) is 0 Å². The number of furan rings is 1. The van der Waals surface area contributed by atoms with E-state index in [-0.39, 0.29) is 5.41 Å². The maximum Gasteiger partial charge on any atom is 0.199 e. The van der Waals surface area contributed by atoms with E-state index in [1.54, 1.807) is 12.3 Å². The van der Waals surface area contributed by atoms with Crippen LogP contribution in [0.15, 0.2) is 27.3 Å². The molecule has 96 valence electrons. The van der Waals surface area contributed by atoms with E-state index in [4.69, 9.17) is 10.3 Å². The number of hydrazine groups is 1. The number of hydrogen-bond acceptors (Lipinski definition) is 5. The van der Waals surface area contributed by atoms with Gasteiger partial charge in [-0.1, -0.05) is 20.8 Å². The lowest BCUT2D eigenvalue weighted by atomic mass is 9.92. The Morgan fingerprint density at radius 1 is 1.33 bits per heavy atom. The number of anilines is 1. The van der Waals surface area contributed by atoms with Crippen molar-refractivity contribution in [2.75, 3.05) is 5.43 Å². The maximum atomic E-state index is 5.44. The van der Waals surface area contributed by atoms with Crippen molar-refractivity contribution in [1.29, 1.82) is 0 Å². The summed E-state index contributed by atoms with van der Waals surface area (Å²) in [5, 5.41) is 0. The summed E-state index contributed by atoms with van der Waals surface area (Å²) in [5.41, 5.74) is 3.35. The molecule has 0 spiro atoms. The summed E-state index contributed by atoms with van der Waals surface area (Å²) in [6.07, 6.45) is 1.59. The highest BCUT2D eigenvalue weighted by Gasteiger charge is 2.20. The summed E-state index contributed by atoms with van der Waals surface area (Å²) in [6.45, 7) is 6.24. The lowest BCUT2D eigenvalue weighted by Gasteiger charge is -2.18. The number of nitrogens with zero attached hydrogens (tertiary/aromatic N) is 2. The van der Waals surface area contributed by atoms with Gasteiger partial charge in [0.05, 0.1) is 16.4 Å². The average molecular weight is 311 g/mol. The van der Waals surface area contributed by atoms with Gasteiger partial charge in [0.2, 0.25) is 0 Å². The van der Waals surface area contributed by atoms with Crippen LogP contribution in [-0.4, -0.2) is 9.97 Å². The molecule has 3 N–H and O–H groups in total. The van der Waals surface area contributed by atoms with Gasteiger partial charge >= 0.3 is 0 Å². The molecule has 2 rings (SSSR count). The van der Waals surface area contributed by atoms with Crippen molar-refractivity contribution in [3.63, 3.8) is 0 Å². The van der Waals surface area contributed by atoms with Gasteiger partial charge in [-0.25, -0.2) is 15.8 Å². The fraction of sp³-hybridized carbons (Fsp3) is 0.333. The Labute approximate surface area is 114 Å². The third-order valence-corrected chi connectivity index (χ3v) is 3.09. The summed E-state index contributed by atoms with van der Waals surface area (Å²) in [7, 11) is 0. The van der Waals surface area contributed by atoms with Crippen LogP contribution in [0.3, 0.4) is 0 Å². The zero-order valence-corrected chi connectivity index (χ0v) is 12.1. The molecule has 6 heteroatoms. The molecule has 2 aromatic rings. The van der Waals surface area contributed by atoms with Crippen LogP contribution in [0.4, 0.5) is 5.82 Å². The number of nitrogens with two attached hydrogens (primary N) is 1. The zero-order chi connectivity index (χ0) is 13.3. The van der Waals surface area contributed by atoms with Gasteiger partial charge in [0.15, 0.2) is 11.6 Å². The van der Waals surface area contributed by atoms with Crippen LogP contribution < -0.4 is 11.3 Å². The van der Waals surface area contributed by atoms with Crippen LogP contribution in [0, 0.1) is 0 Å². The molecular formula is C12H15BrN4O. The molecule has 0 unspecified atom stereocenters. The van der Waals surface area contributed by atoms with Gasteiger partial charge in [0.25, 0.3) is 0 Å². The van der Waals surface area contributed by atoms with Gasteiger partial charge in [-0.15, -0.1) is 0 Å². The molecule has 0 bridgehead atoms. The van der Waals surface area contributed by atoms with Gasteiger partial charge in [0, 0.05) is 11.5 Å². The lowest BCUT2D eigenvalue weighted by Crippen LogP contribution is -2.17. The third-order valence-electron chi connectivity index (χ3n) is 2.46. The molecule has 0 atom stereocenters. The molecule has 0 aliphatic rings. The SMILES string of the molecule is CC(C)(C)c1cc(NN)nc(-c2occc2Br)n1. The summed E-state index contributed by atoms with van der Waals surface area (Å²) in [6, 6.07) is 3.64. The van der Waals surface area contributed by atoms with Crippen molar-refractivity contribution >= 4 is 21.7 Å². The first-order valence-electron chi connectivity index (χ1n) is 5.51. The highest BCUT2D eigenvalue weighted by atomic mass is 79.9. The number of aromatic nitrogens is 2. The van der Waals surface area contributed by atoms with E-state index in [1.807, 2.05) is 6.07 Å². The maximum absolute atomic E-state index is 5.44. The molecule has 0 aliphatic heterocycles. The van der Waals surface area contributed by atoms with Gasteiger partial charge in [-0.05, 0) is 22.0 Å². The molecule has 0 aromatic carbocycles. The second-order valence-corrected chi connectivity index (χ2v) is 5.81. The molecular weight excluding hydrogens is 296 g/mol. The number of rotatable bonds is 2. The normalized spacial score (nSPS) is 11.6. The Morgan fingerprint density at radius 2 is 2.06 bits per heavy atom. The molecule has 0 amide bonds. The van der Waals surface area contributed by atoms with E-state index in [0.29, 0.717) is 17.4 Å². The molecule has 0 aliphatic carbocycles. The average Bonchev–Trinajstić information content (AvgIpc) is 2.73. The molecule has 18 heavy (non-hydrogen) atoms. The zero-order valence-electron chi connectivity index (χ0n) is 10.5. The Morgan fingerprint density at radius 3 is 2.56 bits per heavy atom. The second kappa shape index (κ2) is 4.70. The van der Waals surface area contributed by atoms with Crippen LogP contribution in [0.5, 0.6) is 0 Å². The largest absolute Gasteiger partial charge is 0.460 e. The van der Waals surface area contributed by atoms with Gasteiger partial charge in [-0.3, -0.25) is 0 Å². The molecule has 0 saturated carbocycles. The Kier molecular flexibility index (Phi) is 3.41. The first-order chi connectivity index (χ1) is 8.41. The van der Waals surface area contributed by atoms with E-state index in [1.165, 1.54) is 0 Å². The smallest absolute Gasteiger partial charge is 0.199 e. The summed E-state index contributed by atoms with van der Waals surface area (Å²) in [5.74, 6) is 7.10. The number of nitrogens with one attached hydrogen (secondary N) is 1. The van der Waals surface area contributed by atoms with Crippen LogP contribution in [0.2, 0.25) is 0 Å². The molecule has 2 heterocycles. The fourth-order valence-electron chi connectivity index (χ4n) is 1.46. The standard InChI is InChI=1S/C12H15BrN4O/c1-12(2,3)8-6-9(17-14)16-11(15-8)10-7(13)4-5-18-10/h4-6H,14H2,1-3H3,(H,15,16,17). The minimum atomic E-state index is -0.0949. The number of nitrogen functional groups attached to an aromatic ring is 1. The first-order valence-corrected chi connectivity index (χ1v) is 6.30. The monoisotopic (exact) mass is 310 g/mol. The number of hydrogen-bond donors (Lipinski definition) is 2. The van der Waals surface area contributed by atoms with Crippen molar-refractivity contribution in [1.82, 2.24) is 9.97 Å². The predicted molar refractivity (Wildman–Crippen MR) is 73.9 cm³/mol. The van der Waals surface area contributed by atoms with E-state index >= 15 is 0 Å². The van der Waals surface area contributed by atoms with Crippen molar-refractivity contribution in [2.24, 2.45) is 5.84 Å². The van der Waals surface area contributed by atoms with Crippen molar-refractivity contribution in [2.45, 2.75) is 26.2 Å². The molecule has 0 saturated heterocycles. The highest BCUT2D eigenvalue weighted by Crippen LogP contribution is 2.30. The Balaban J connectivity index is 2.58. The quantitative estimate of drug-likeness (QED) is 0.658. The van der Waals surface area contributed by atoms with Gasteiger partial charge in [0.1, 0.15) is 5.82 Å². The summed E-state index contributed by atoms with van der Waals surface area (Å²) in [4.78, 5) is 8.82. The third kappa shape index (κ3) is 2.54. The van der Waals surface area contributed by atoms with E-state index < -0.39 is 0 Å². The van der Waals surface area contributed by atoms with E-state index in [0.717, 1.165) is 10.2 Å². The molecule has 0 fully saturated rings. The Bertz CT molecular complexity index is 559. The predicted octanol–water partition coefficient (Wildman–Crippen LogP) is 3.08. The molecule has 2 aromatic heterocycles. The minimum Gasteiger partial charge on any atom is -0.460 e. The minimum absolute atomic E-state index is 0.0949. The fourth-order valence-corrected chi connectivity index (χ4v) is 1.84. The van der Waals surface area contributed by atoms with Crippen LogP contribution in [0.1, 0.15) is 26.5 Å². The molecule has 0 radical (unpaired) electrons.